The molecule has 31 heavy (non-hydrogen) atoms. The predicted octanol–water partition coefficient (Wildman–Crippen LogP) is 6.12. The number of fused-ring (bicyclic) bond motifs is 1. The average molecular weight is 435 g/mol. The van der Waals surface area contributed by atoms with Gasteiger partial charge in [0.05, 0.1) is 12.0 Å². The van der Waals surface area contributed by atoms with E-state index in [9.17, 15) is 4.39 Å². The average Bonchev–Trinajstić information content (AvgIpc) is 2.87. The molecule has 1 aliphatic heterocycles. The topological polar surface area (TPSA) is 58.6 Å². The molecule has 0 bridgehead atoms. The van der Waals surface area contributed by atoms with Crippen LogP contribution in [0.4, 0.5) is 4.39 Å². The number of allylic oxidation sites excluding steroid dienone is 1. The Hall–Kier alpha value is -3.12. The number of nitrogens with zero attached hydrogens (tertiary/aromatic N) is 1. The highest BCUT2D eigenvalue weighted by Gasteiger charge is 2.10. The Morgan fingerprint density at radius 2 is 2.03 bits per heavy atom. The third-order valence-electron chi connectivity index (χ3n) is 4.82. The third-order valence-corrected chi connectivity index (χ3v) is 5.73. The van der Waals surface area contributed by atoms with Gasteiger partial charge in [-0.25, -0.2) is 4.39 Å². The number of aliphatic imine (C=N–C) groups is 1. The summed E-state index contributed by atoms with van der Waals surface area (Å²) in [4.78, 5) is 4.55. The summed E-state index contributed by atoms with van der Waals surface area (Å²) in [5, 5.41) is 11.9. The first kappa shape index (κ1) is 21.1. The lowest BCUT2D eigenvalue weighted by Gasteiger charge is -2.09. The molecule has 1 atom stereocenters. The first-order valence-electron chi connectivity index (χ1n) is 10.1. The fourth-order valence-corrected chi connectivity index (χ4v) is 3.89. The number of hydrogen-bond donors (Lipinski definition) is 1. The summed E-state index contributed by atoms with van der Waals surface area (Å²) in [5.74, 6) is 1.00. The summed E-state index contributed by atoms with van der Waals surface area (Å²) in [6.07, 6.45) is 7.41. The largest absolute Gasteiger partial charge is 0.493 e. The number of halogens is 1. The van der Waals surface area contributed by atoms with Crippen molar-refractivity contribution in [3.63, 3.8) is 0 Å². The van der Waals surface area contributed by atoms with Crippen molar-refractivity contribution in [1.29, 1.82) is 5.41 Å². The van der Waals surface area contributed by atoms with Crippen LogP contribution in [0.5, 0.6) is 5.75 Å². The minimum Gasteiger partial charge on any atom is -0.493 e. The third kappa shape index (κ3) is 5.52. The molecule has 3 aromatic rings. The molecule has 1 aromatic heterocycles. The van der Waals surface area contributed by atoms with Gasteiger partial charge in [-0.05, 0) is 54.3 Å². The number of rotatable bonds is 5. The molecule has 4 nitrogen and oxygen atoms in total. The highest BCUT2D eigenvalue weighted by Crippen LogP contribution is 2.26. The van der Waals surface area contributed by atoms with E-state index < -0.39 is 0 Å². The van der Waals surface area contributed by atoms with E-state index in [1.807, 2.05) is 30.5 Å². The maximum atomic E-state index is 13.0. The zero-order valence-electron chi connectivity index (χ0n) is 17.2. The quantitative estimate of drug-likeness (QED) is 0.526. The van der Waals surface area contributed by atoms with E-state index in [0.717, 1.165) is 17.7 Å². The molecule has 1 N–H and O–H groups in total. The smallest absolute Gasteiger partial charge is 0.154 e. The first-order valence-corrected chi connectivity index (χ1v) is 11.1. The van der Waals surface area contributed by atoms with Crippen LogP contribution in [0.25, 0.3) is 16.7 Å². The van der Waals surface area contributed by atoms with Gasteiger partial charge >= 0.3 is 0 Å². The van der Waals surface area contributed by atoms with E-state index in [0.29, 0.717) is 40.9 Å². The van der Waals surface area contributed by atoms with Crippen molar-refractivity contribution in [3.8, 4) is 5.75 Å². The molecule has 6 heteroatoms. The zero-order valence-corrected chi connectivity index (χ0v) is 18.0. The summed E-state index contributed by atoms with van der Waals surface area (Å²) < 4.78 is 24.9. The normalized spacial score (nSPS) is 19.2. The number of thioether (sulfide) groups is 1. The maximum Gasteiger partial charge on any atom is 0.154 e. The van der Waals surface area contributed by atoms with Gasteiger partial charge in [-0.2, -0.15) is 0 Å². The molecule has 4 rings (SSSR count). The summed E-state index contributed by atoms with van der Waals surface area (Å²) in [6, 6.07) is 13.6. The van der Waals surface area contributed by atoms with Gasteiger partial charge in [-0.1, -0.05) is 18.2 Å². The van der Waals surface area contributed by atoms with E-state index in [2.05, 4.69) is 23.4 Å². The van der Waals surface area contributed by atoms with Crippen molar-refractivity contribution < 1.29 is 13.5 Å². The van der Waals surface area contributed by atoms with Gasteiger partial charge in [0.25, 0.3) is 0 Å². The van der Waals surface area contributed by atoms with Crippen molar-refractivity contribution in [2.75, 3.05) is 6.61 Å². The summed E-state index contributed by atoms with van der Waals surface area (Å²) >= 11 is 1.72. The molecule has 2 heterocycles. The predicted molar refractivity (Wildman–Crippen MR) is 125 cm³/mol. The molecule has 0 amide bonds. The maximum absolute atomic E-state index is 13.0. The lowest BCUT2D eigenvalue weighted by molar-refractivity contribution is 0.322. The van der Waals surface area contributed by atoms with Gasteiger partial charge < -0.3 is 9.15 Å². The Morgan fingerprint density at radius 1 is 1.19 bits per heavy atom. The second-order valence-electron chi connectivity index (χ2n) is 7.22. The fourth-order valence-electron chi connectivity index (χ4n) is 3.22. The van der Waals surface area contributed by atoms with Gasteiger partial charge in [0.1, 0.15) is 22.8 Å². The number of benzene rings is 2. The molecule has 0 saturated carbocycles. The lowest BCUT2D eigenvalue weighted by Crippen LogP contribution is -2.05. The Balaban J connectivity index is 1.53. The van der Waals surface area contributed by atoms with Crippen molar-refractivity contribution in [3.05, 3.63) is 88.6 Å². The molecule has 0 aliphatic carbocycles. The van der Waals surface area contributed by atoms with Gasteiger partial charge in [-0.3, -0.25) is 10.4 Å². The second-order valence-corrected chi connectivity index (χ2v) is 8.51. The number of hydrogen-bond acceptors (Lipinski definition) is 5. The van der Waals surface area contributed by atoms with E-state index in [1.54, 1.807) is 30.0 Å². The second kappa shape index (κ2) is 9.79. The van der Waals surface area contributed by atoms with Crippen LogP contribution in [0.15, 0.2) is 75.5 Å². The number of nitrogens with one attached hydrogen (secondary N) is 1. The van der Waals surface area contributed by atoms with Crippen LogP contribution >= 0.6 is 11.8 Å². The first-order chi connectivity index (χ1) is 15.1. The monoisotopic (exact) mass is 434 g/mol. The van der Waals surface area contributed by atoms with Gasteiger partial charge in [0.15, 0.2) is 5.76 Å². The molecule has 1 unspecified atom stereocenters. The molecule has 0 saturated heterocycles. The number of ether oxygens (including phenoxy) is 1. The highest BCUT2D eigenvalue weighted by atomic mass is 32.2. The molecule has 0 fully saturated rings. The molecule has 1 aliphatic rings. The highest BCUT2D eigenvalue weighted by molar-refractivity contribution is 8.02. The lowest BCUT2D eigenvalue weighted by atomic mass is 10.1. The van der Waals surface area contributed by atoms with Crippen LogP contribution < -0.4 is 10.1 Å². The molecule has 158 valence electrons. The van der Waals surface area contributed by atoms with E-state index >= 15 is 0 Å². The minimum atomic E-state index is -0.244. The van der Waals surface area contributed by atoms with Crippen LogP contribution in [-0.4, -0.2) is 18.1 Å². The Morgan fingerprint density at radius 3 is 2.87 bits per heavy atom. The van der Waals surface area contributed by atoms with Crippen molar-refractivity contribution in [2.24, 2.45) is 4.99 Å². The van der Waals surface area contributed by atoms with Crippen molar-refractivity contribution >= 4 is 34.6 Å². The van der Waals surface area contributed by atoms with E-state index in [-0.39, 0.29) is 11.1 Å². The van der Waals surface area contributed by atoms with Crippen LogP contribution in [0.2, 0.25) is 0 Å². The fraction of sp³-hybridized carbons (Fsp3) is 0.200. The Labute approximate surface area is 184 Å². The van der Waals surface area contributed by atoms with Crippen LogP contribution in [0, 0.1) is 11.2 Å². The Kier molecular flexibility index (Phi) is 6.67. The van der Waals surface area contributed by atoms with Crippen LogP contribution in [0.1, 0.15) is 24.7 Å². The SMILES string of the molecule is CC1/C=C(/c2cc(=N)c3cc(OCCc4ccc(F)cc4)ccc3o2)N=CC/C=C\S1. The zero-order chi connectivity index (χ0) is 21.6. The summed E-state index contributed by atoms with van der Waals surface area (Å²) in [5.41, 5.74) is 2.36. The van der Waals surface area contributed by atoms with E-state index in [4.69, 9.17) is 14.6 Å². The van der Waals surface area contributed by atoms with Gasteiger partial charge in [-0.15, -0.1) is 11.8 Å². The molecule has 2 aromatic carbocycles. The van der Waals surface area contributed by atoms with Crippen LogP contribution in [-0.2, 0) is 6.42 Å². The van der Waals surface area contributed by atoms with E-state index in [1.165, 1.54) is 12.1 Å². The standard InChI is InChI=1S/C25H23FN2O2S/c1-17-14-23(28-11-2-3-13-31-17)25-16-22(27)21-15-20(8-9-24(21)30-25)29-12-10-18-4-6-19(26)7-5-18/h3-9,11,13-17,27H,2,10,12H2,1H3/b13-3-,23-14-,27-22?,28-11?. The molecular weight excluding hydrogens is 411 g/mol. The molecular formula is C25H23FN2O2S. The van der Waals surface area contributed by atoms with Crippen molar-refractivity contribution in [1.82, 2.24) is 0 Å². The summed E-state index contributed by atoms with van der Waals surface area (Å²) in [6.45, 7) is 2.57. The molecule has 0 radical (unpaired) electrons. The minimum absolute atomic E-state index is 0.244. The van der Waals surface area contributed by atoms with Gasteiger partial charge in [0, 0.05) is 35.8 Å². The summed E-state index contributed by atoms with van der Waals surface area (Å²) in [7, 11) is 0. The van der Waals surface area contributed by atoms with Crippen LogP contribution in [0.3, 0.4) is 0 Å². The Bertz CT molecular complexity index is 1210. The van der Waals surface area contributed by atoms with Crippen molar-refractivity contribution in [2.45, 2.75) is 25.0 Å². The van der Waals surface area contributed by atoms with Gasteiger partial charge in [0.2, 0.25) is 0 Å². The molecule has 0 spiro atoms.